The Morgan fingerprint density at radius 3 is 2.47 bits per heavy atom. The van der Waals surface area contributed by atoms with Crippen LogP contribution in [0.25, 0.3) is 0 Å². The van der Waals surface area contributed by atoms with Crippen LogP contribution in [-0.2, 0) is 19.6 Å². The van der Waals surface area contributed by atoms with Crippen molar-refractivity contribution in [1.29, 1.82) is 0 Å². The van der Waals surface area contributed by atoms with Gasteiger partial charge in [-0.15, -0.1) is 0 Å². The molecule has 0 spiro atoms. The lowest BCUT2D eigenvalue weighted by atomic mass is 10.0. The van der Waals surface area contributed by atoms with Gasteiger partial charge in [0.1, 0.15) is 0 Å². The molecule has 0 aromatic rings. The molecule has 2 rings (SSSR count). The fourth-order valence-corrected chi connectivity index (χ4v) is 3.87. The van der Waals surface area contributed by atoms with E-state index < -0.39 is 21.7 Å². The molecule has 7 heteroatoms. The molecule has 0 aliphatic carbocycles. The number of hydrogen-bond acceptors (Lipinski definition) is 5. The normalized spacial score (nSPS) is 32.4. The van der Waals surface area contributed by atoms with E-state index in [-0.39, 0.29) is 6.04 Å². The SMILES string of the molecule is COC(=O)CS(=O)(=O)NC1CC2CCC(C1)N2. The number of carbonyl (C=O) groups is 1. The van der Waals surface area contributed by atoms with Crippen LogP contribution in [0.4, 0.5) is 0 Å². The molecule has 17 heavy (non-hydrogen) atoms. The molecule has 0 amide bonds. The van der Waals surface area contributed by atoms with E-state index in [1.54, 1.807) is 0 Å². The van der Waals surface area contributed by atoms with Gasteiger partial charge in [0.25, 0.3) is 0 Å². The molecule has 0 saturated carbocycles. The largest absolute Gasteiger partial charge is 0.468 e. The molecule has 2 N–H and O–H groups in total. The first-order chi connectivity index (χ1) is 7.98. The van der Waals surface area contributed by atoms with Crippen molar-refractivity contribution in [1.82, 2.24) is 10.0 Å². The zero-order valence-corrected chi connectivity index (χ0v) is 10.6. The van der Waals surface area contributed by atoms with Crippen LogP contribution in [0.2, 0.25) is 0 Å². The predicted molar refractivity (Wildman–Crippen MR) is 61.9 cm³/mol. The van der Waals surface area contributed by atoms with Gasteiger partial charge in [0, 0.05) is 18.1 Å². The van der Waals surface area contributed by atoms with Gasteiger partial charge in [0.05, 0.1) is 7.11 Å². The Bertz CT molecular complexity index is 383. The molecule has 2 aliphatic heterocycles. The van der Waals surface area contributed by atoms with E-state index in [0.717, 1.165) is 25.7 Å². The highest BCUT2D eigenvalue weighted by Gasteiger charge is 2.35. The summed E-state index contributed by atoms with van der Waals surface area (Å²) in [5.41, 5.74) is 0. The summed E-state index contributed by atoms with van der Waals surface area (Å²) in [6, 6.07) is 0.780. The number of carbonyl (C=O) groups excluding carboxylic acids is 1. The van der Waals surface area contributed by atoms with Gasteiger partial charge in [-0.3, -0.25) is 4.79 Å². The van der Waals surface area contributed by atoms with Crippen molar-refractivity contribution < 1.29 is 17.9 Å². The van der Waals surface area contributed by atoms with Crippen LogP contribution in [0.1, 0.15) is 25.7 Å². The van der Waals surface area contributed by atoms with Crippen LogP contribution < -0.4 is 10.0 Å². The second-order valence-electron chi connectivity index (χ2n) is 4.76. The van der Waals surface area contributed by atoms with Gasteiger partial charge >= 0.3 is 5.97 Å². The third-order valence-corrected chi connectivity index (χ3v) is 4.66. The van der Waals surface area contributed by atoms with E-state index in [1.807, 2.05) is 0 Å². The number of hydrogen-bond donors (Lipinski definition) is 2. The van der Waals surface area contributed by atoms with Crippen molar-refractivity contribution in [2.45, 2.75) is 43.8 Å². The van der Waals surface area contributed by atoms with E-state index in [0.29, 0.717) is 12.1 Å². The highest BCUT2D eigenvalue weighted by Crippen LogP contribution is 2.27. The number of nitrogens with one attached hydrogen (secondary N) is 2. The minimum atomic E-state index is -3.56. The van der Waals surface area contributed by atoms with Gasteiger partial charge in [-0.2, -0.15) is 0 Å². The van der Waals surface area contributed by atoms with Crippen molar-refractivity contribution >= 4 is 16.0 Å². The fourth-order valence-electron chi connectivity index (χ4n) is 2.66. The van der Waals surface area contributed by atoms with Crippen LogP contribution in [0.5, 0.6) is 0 Å². The Labute approximate surface area is 101 Å². The Balaban J connectivity index is 1.90. The molecule has 2 atom stereocenters. The lowest BCUT2D eigenvalue weighted by Crippen LogP contribution is -2.48. The smallest absolute Gasteiger partial charge is 0.322 e. The van der Waals surface area contributed by atoms with Gasteiger partial charge in [0.15, 0.2) is 5.75 Å². The molecule has 6 nitrogen and oxygen atoms in total. The first-order valence-electron chi connectivity index (χ1n) is 5.81. The lowest BCUT2D eigenvalue weighted by molar-refractivity contribution is -0.137. The van der Waals surface area contributed by atoms with Crippen molar-refractivity contribution in [2.24, 2.45) is 0 Å². The number of esters is 1. The van der Waals surface area contributed by atoms with Crippen LogP contribution in [0.3, 0.4) is 0 Å². The zero-order valence-electron chi connectivity index (χ0n) is 9.81. The summed E-state index contributed by atoms with van der Waals surface area (Å²) in [4.78, 5) is 11.0. The van der Waals surface area contributed by atoms with E-state index in [2.05, 4.69) is 14.8 Å². The summed E-state index contributed by atoms with van der Waals surface area (Å²) < 4.78 is 30.3. The summed E-state index contributed by atoms with van der Waals surface area (Å²) in [7, 11) is -2.38. The van der Waals surface area contributed by atoms with E-state index in [1.165, 1.54) is 7.11 Å². The van der Waals surface area contributed by atoms with Gasteiger partial charge in [-0.25, -0.2) is 13.1 Å². The molecule has 2 bridgehead atoms. The molecular weight excluding hydrogens is 244 g/mol. The summed E-state index contributed by atoms with van der Waals surface area (Å²) in [6.07, 6.45) is 3.83. The van der Waals surface area contributed by atoms with Crippen molar-refractivity contribution in [3.63, 3.8) is 0 Å². The number of ether oxygens (including phenoxy) is 1. The highest BCUT2D eigenvalue weighted by atomic mass is 32.2. The van der Waals surface area contributed by atoms with E-state index in [9.17, 15) is 13.2 Å². The second-order valence-corrected chi connectivity index (χ2v) is 6.51. The number of rotatable bonds is 4. The van der Waals surface area contributed by atoms with Crippen molar-refractivity contribution in [2.75, 3.05) is 12.9 Å². The molecule has 0 radical (unpaired) electrons. The summed E-state index contributed by atoms with van der Waals surface area (Å²) in [5, 5.41) is 3.43. The second kappa shape index (κ2) is 4.91. The van der Waals surface area contributed by atoms with Crippen LogP contribution in [0.15, 0.2) is 0 Å². The molecule has 0 aromatic carbocycles. The van der Waals surface area contributed by atoms with Gasteiger partial charge in [-0.1, -0.05) is 0 Å². The predicted octanol–water partition coefficient (Wildman–Crippen LogP) is -0.638. The van der Waals surface area contributed by atoms with Crippen LogP contribution >= 0.6 is 0 Å². The maximum absolute atomic E-state index is 11.7. The average Bonchev–Trinajstić information content (AvgIpc) is 2.56. The Morgan fingerprint density at radius 2 is 1.94 bits per heavy atom. The zero-order chi connectivity index (χ0) is 12.5. The number of fused-ring (bicyclic) bond motifs is 2. The standard InChI is InChI=1S/C10H18N2O4S/c1-16-10(13)6-17(14,15)12-9-4-7-2-3-8(5-9)11-7/h7-9,11-12H,2-6H2,1H3. The summed E-state index contributed by atoms with van der Waals surface area (Å²) >= 11 is 0. The number of sulfonamides is 1. The Hall–Kier alpha value is -0.660. The Morgan fingerprint density at radius 1 is 1.35 bits per heavy atom. The fraction of sp³-hybridized carbons (Fsp3) is 0.900. The van der Waals surface area contributed by atoms with Gasteiger partial charge in [0.2, 0.25) is 10.0 Å². The van der Waals surface area contributed by atoms with E-state index >= 15 is 0 Å². The Kier molecular flexibility index (Phi) is 3.70. The minimum Gasteiger partial charge on any atom is -0.468 e. The average molecular weight is 262 g/mol. The maximum atomic E-state index is 11.7. The third-order valence-electron chi connectivity index (χ3n) is 3.35. The van der Waals surface area contributed by atoms with Crippen molar-refractivity contribution in [3.05, 3.63) is 0 Å². The quantitative estimate of drug-likeness (QED) is 0.658. The molecular formula is C10H18N2O4S. The van der Waals surface area contributed by atoms with Crippen LogP contribution in [0, 0.1) is 0 Å². The van der Waals surface area contributed by atoms with Crippen LogP contribution in [-0.4, -0.2) is 45.4 Å². The molecule has 2 unspecified atom stereocenters. The molecule has 2 saturated heterocycles. The molecule has 0 aromatic heterocycles. The highest BCUT2D eigenvalue weighted by molar-refractivity contribution is 7.90. The molecule has 2 heterocycles. The van der Waals surface area contributed by atoms with Gasteiger partial charge < -0.3 is 10.1 Å². The summed E-state index contributed by atoms with van der Waals surface area (Å²) in [6.45, 7) is 0. The third kappa shape index (κ3) is 3.40. The molecule has 2 fully saturated rings. The number of piperidine rings is 1. The first-order valence-corrected chi connectivity index (χ1v) is 7.46. The monoisotopic (exact) mass is 262 g/mol. The topological polar surface area (TPSA) is 84.5 Å². The van der Waals surface area contributed by atoms with Gasteiger partial charge in [-0.05, 0) is 25.7 Å². The first kappa shape index (κ1) is 12.8. The maximum Gasteiger partial charge on any atom is 0.322 e. The molecule has 2 aliphatic rings. The van der Waals surface area contributed by atoms with E-state index in [4.69, 9.17) is 0 Å². The van der Waals surface area contributed by atoms with Crippen molar-refractivity contribution in [3.8, 4) is 0 Å². The lowest BCUT2D eigenvalue weighted by Gasteiger charge is -2.29. The molecule has 98 valence electrons. The minimum absolute atomic E-state index is 0.0524. The number of methoxy groups -OCH3 is 1. The summed E-state index contributed by atoms with van der Waals surface area (Å²) in [5.74, 6) is -1.32.